The molecule has 0 heterocycles. The first-order valence-electron chi connectivity index (χ1n) is 7.49. The number of carbonyl (C=O) groups excluding carboxylic acids is 1. The van der Waals surface area contributed by atoms with Crippen LogP contribution in [0.3, 0.4) is 0 Å². The van der Waals surface area contributed by atoms with Crippen LogP contribution in [-0.2, 0) is 11.3 Å². The fourth-order valence-corrected chi connectivity index (χ4v) is 2.30. The largest absolute Gasteiger partial charge is 0.362 e. The molecular weight excluding hydrogens is 298 g/mol. The predicted molar refractivity (Wildman–Crippen MR) is 87.2 cm³/mol. The maximum Gasteiger partial charge on any atom is 0.242 e. The molecule has 0 unspecified atom stereocenters. The number of anilines is 1. The highest BCUT2D eigenvalue weighted by Gasteiger charge is 2.15. The van der Waals surface area contributed by atoms with Crippen molar-refractivity contribution in [2.45, 2.75) is 13.5 Å². The van der Waals surface area contributed by atoms with E-state index >= 15 is 0 Å². The first kappa shape index (κ1) is 16.9. The van der Waals surface area contributed by atoms with Crippen LogP contribution in [0, 0.1) is 11.6 Å². The Labute approximate surface area is 135 Å². The molecule has 0 fully saturated rings. The van der Waals surface area contributed by atoms with Crippen molar-refractivity contribution < 1.29 is 13.6 Å². The quantitative estimate of drug-likeness (QED) is 0.814. The van der Waals surface area contributed by atoms with Gasteiger partial charge in [-0.2, -0.15) is 0 Å². The second kappa shape index (κ2) is 7.72. The molecule has 2 rings (SSSR count). The van der Waals surface area contributed by atoms with Gasteiger partial charge >= 0.3 is 0 Å². The van der Waals surface area contributed by atoms with E-state index in [1.165, 1.54) is 6.07 Å². The number of amides is 1. The highest BCUT2D eigenvalue weighted by atomic mass is 19.2. The van der Waals surface area contributed by atoms with Crippen molar-refractivity contribution in [3.8, 4) is 0 Å². The molecule has 2 aromatic rings. The molecule has 0 aromatic heterocycles. The first-order chi connectivity index (χ1) is 11.0. The molecule has 0 saturated carbocycles. The molecule has 0 N–H and O–H groups in total. The normalized spacial score (nSPS) is 10.4. The number of nitrogens with zero attached hydrogens (tertiary/aromatic N) is 2. The van der Waals surface area contributed by atoms with E-state index in [2.05, 4.69) is 0 Å². The first-order valence-corrected chi connectivity index (χ1v) is 7.49. The van der Waals surface area contributed by atoms with Gasteiger partial charge in [-0.15, -0.1) is 0 Å². The number of carbonyl (C=O) groups is 1. The third kappa shape index (κ3) is 4.52. The molecule has 2 aromatic carbocycles. The van der Waals surface area contributed by atoms with Crippen LogP contribution < -0.4 is 4.90 Å². The Morgan fingerprint density at radius 2 is 1.74 bits per heavy atom. The van der Waals surface area contributed by atoms with Gasteiger partial charge in [-0.3, -0.25) is 4.79 Å². The minimum absolute atomic E-state index is 0.0829. The minimum atomic E-state index is -0.911. The van der Waals surface area contributed by atoms with Gasteiger partial charge in [-0.1, -0.05) is 30.3 Å². The van der Waals surface area contributed by atoms with Gasteiger partial charge in [0, 0.05) is 31.9 Å². The van der Waals surface area contributed by atoms with Crippen LogP contribution in [0.2, 0.25) is 0 Å². The molecular formula is C18H20F2N2O. The topological polar surface area (TPSA) is 23.6 Å². The van der Waals surface area contributed by atoms with E-state index in [1.54, 1.807) is 16.8 Å². The van der Waals surface area contributed by atoms with Gasteiger partial charge in [-0.25, -0.2) is 8.78 Å². The zero-order chi connectivity index (χ0) is 16.8. The molecule has 23 heavy (non-hydrogen) atoms. The molecule has 0 aliphatic heterocycles. The standard InChI is InChI=1S/C18H20F2N2O/c1-3-22(15-9-10-16(19)17(20)11-15)13-18(23)21(2)12-14-7-5-4-6-8-14/h4-11H,3,12-13H2,1-2H3. The van der Waals surface area contributed by atoms with Crippen molar-refractivity contribution >= 4 is 11.6 Å². The number of likely N-dealkylation sites (N-methyl/N-ethyl adjacent to an activating group) is 2. The van der Waals surface area contributed by atoms with E-state index in [9.17, 15) is 13.6 Å². The van der Waals surface area contributed by atoms with Gasteiger partial charge < -0.3 is 9.80 Å². The summed E-state index contributed by atoms with van der Waals surface area (Å²) in [6.45, 7) is 3.02. The van der Waals surface area contributed by atoms with Crippen LogP contribution in [0.15, 0.2) is 48.5 Å². The lowest BCUT2D eigenvalue weighted by Crippen LogP contribution is -2.38. The fourth-order valence-electron chi connectivity index (χ4n) is 2.30. The summed E-state index contributed by atoms with van der Waals surface area (Å²) < 4.78 is 26.4. The van der Waals surface area contributed by atoms with Gasteiger partial charge in [0.15, 0.2) is 11.6 Å². The smallest absolute Gasteiger partial charge is 0.242 e. The Hall–Kier alpha value is -2.43. The van der Waals surface area contributed by atoms with Crippen LogP contribution in [-0.4, -0.2) is 30.9 Å². The van der Waals surface area contributed by atoms with E-state index in [0.717, 1.165) is 17.7 Å². The Kier molecular flexibility index (Phi) is 5.68. The van der Waals surface area contributed by atoms with Crippen molar-refractivity contribution in [2.24, 2.45) is 0 Å². The number of rotatable bonds is 6. The van der Waals surface area contributed by atoms with E-state index < -0.39 is 11.6 Å². The zero-order valence-corrected chi connectivity index (χ0v) is 13.3. The fraction of sp³-hybridized carbons (Fsp3) is 0.278. The Bertz CT molecular complexity index is 661. The molecule has 3 nitrogen and oxygen atoms in total. The van der Waals surface area contributed by atoms with Gasteiger partial charge in [0.25, 0.3) is 0 Å². The van der Waals surface area contributed by atoms with Crippen LogP contribution >= 0.6 is 0 Å². The highest BCUT2D eigenvalue weighted by Crippen LogP contribution is 2.18. The maximum atomic E-state index is 13.4. The van der Waals surface area contributed by atoms with E-state index in [4.69, 9.17) is 0 Å². The van der Waals surface area contributed by atoms with E-state index in [0.29, 0.717) is 18.8 Å². The molecule has 0 atom stereocenters. The summed E-state index contributed by atoms with van der Waals surface area (Å²) >= 11 is 0. The monoisotopic (exact) mass is 318 g/mol. The second-order valence-electron chi connectivity index (χ2n) is 5.35. The molecule has 0 saturated heterocycles. The summed E-state index contributed by atoms with van der Waals surface area (Å²) in [5.41, 5.74) is 1.53. The lowest BCUT2D eigenvalue weighted by molar-refractivity contribution is -0.128. The molecule has 0 spiro atoms. The SMILES string of the molecule is CCN(CC(=O)N(C)Cc1ccccc1)c1ccc(F)c(F)c1. The number of halogens is 2. The number of hydrogen-bond acceptors (Lipinski definition) is 2. The molecule has 0 bridgehead atoms. The van der Waals surface area contributed by atoms with Crippen molar-refractivity contribution in [3.05, 3.63) is 65.7 Å². The molecule has 122 valence electrons. The summed E-state index contributed by atoms with van der Waals surface area (Å²) in [4.78, 5) is 15.7. The average Bonchev–Trinajstić information content (AvgIpc) is 2.56. The van der Waals surface area contributed by atoms with Crippen molar-refractivity contribution in [2.75, 3.05) is 25.0 Å². The zero-order valence-electron chi connectivity index (χ0n) is 13.3. The van der Waals surface area contributed by atoms with Crippen LogP contribution in [0.5, 0.6) is 0 Å². The molecule has 1 amide bonds. The predicted octanol–water partition coefficient (Wildman–Crippen LogP) is 3.45. The summed E-state index contributed by atoms with van der Waals surface area (Å²) in [6.07, 6.45) is 0. The molecule has 0 radical (unpaired) electrons. The van der Waals surface area contributed by atoms with Crippen molar-refractivity contribution in [1.29, 1.82) is 0 Å². The van der Waals surface area contributed by atoms with Gasteiger partial charge in [0.05, 0.1) is 6.54 Å². The average molecular weight is 318 g/mol. The lowest BCUT2D eigenvalue weighted by Gasteiger charge is -2.26. The van der Waals surface area contributed by atoms with Crippen molar-refractivity contribution in [1.82, 2.24) is 4.90 Å². The summed E-state index contributed by atoms with van der Waals surface area (Å²) in [6, 6.07) is 13.3. The van der Waals surface area contributed by atoms with Crippen LogP contribution in [0.25, 0.3) is 0 Å². The minimum Gasteiger partial charge on any atom is -0.362 e. The highest BCUT2D eigenvalue weighted by molar-refractivity contribution is 5.81. The van der Waals surface area contributed by atoms with Crippen LogP contribution in [0.1, 0.15) is 12.5 Å². The summed E-state index contributed by atoms with van der Waals surface area (Å²) in [7, 11) is 1.73. The van der Waals surface area contributed by atoms with Crippen molar-refractivity contribution in [3.63, 3.8) is 0 Å². The maximum absolute atomic E-state index is 13.4. The molecule has 0 aliphatic rings. The summed E-state index contributed by atoms with van der Waals surface area (Å²) in [5.74, 6) is -1.89. The summed E-state index contributed by atoms with van der Waals surface area (Å²) in [5, 5.41) is 0. The second-order valence-corrected chi connectivity index (χ2v) is 5.35. The van der Waals surface area contributed by atoms with E-state index in [-0.39, 0.29) is 12.5 Å². The van der Waals surface area contributed by atoms with Gasteiger partial charge in [0.2, 0.25) is 5.91 Å². The molecule has 5 heteroatoms. The van der Waals surface area contributed by atoms with Gasteiger partial charge in [0.1, 0.15) is 0 Å². The number of hydrogen-bond donors (Lipinski definition) is 0. The Morgan fingerprint density at radius 3 is 2.35 bits per heavy atom. The third-order valence-corrected chi connectivity index (χ3v) is 3.66. The lowest BCUT2D eigenvalue weighted by atomic mass is 10.2. The van der Waals surface area contributed by atoms with E-state index in [1.807, 2.05) is 37.3 Å². The number of benzene rings is 2. The van der Waals surface area contributed by atoms with Crippen LogP contribution in [0.4, 0.5) is 14.5 Å². The molecule has 0 aliphatic carbocycles. The third-order valence-electron chi connectivity index (χ3n) is 3.66. The Balaban J connectivity index is 2.02. The Morgan fingerprint density at radius 1 is 1.04 bits per heavy atom. The van der Waals surface area contributed by atoms with Gasteiger partial charge in [-0.05, 0) is 24.6 Å².